The molecule has 2 aromatic rings. The van der Waals surface area contributed by atoms with Gasteiger partial charge in [-0.1, -0.05) is 54.2 Å². The predicted octanol–water partition coefficient (Wildman–Crippen LogP) is 3.66. The van der Waals surface area contributed by atoms with Crippen molar-refractivity contribution in [2.24, 2.45) is 10.2 Å². The number of nitrogens with one attached hydrogen (secondary N) is 2. The largest absolute Gasteiger partial charge is 0.418 e. The summed E-state index contributed by atoms with van der Waals surface area (Å²) in [6.45, 7) is 0. The van der Waals surface area contributed by atoms with E-state index in [4.69, 9.17) is 0 Å². The lowest BCUT2D eigenvalue weighted by Gasteiger charge is -2.14. The molecule has 1 heterocycles. The summed E-state index contributed by atoms with van der Waals surface area (Å²) in [6, 6.07) is 13.9. The van der Waals surface area contributed by atoms with Gasteiger partial charge in [0.15, 0.2) is 5.17 Å². The number of carbonyl (C=O) groups excluding carboxylic acids is 2. The first-order chi connectivity index (χ1) is 13.8. The number of nitrogens with zero attached hydrogens (tertiary/aromatic N) is 2. The molecule has 150 valence electrons. The van der Waals surface area contributed by atoms with Crippen molar-refractivity contribution in [2.75, 3.05) is 5.32 Å². The van der Waals surface area contributed by atoms with Gasteiger partial charge in [0.1, 0.15) is 5.25 Å². The Morgan fingerprint density at radius 3 is 2.55 bits per heavy atom. The third-order valence-corrected chi connectivity index (χ3v) is 4.88. The van der Waals surface area contributed by atoms with Crippen LogP contribution in [-0.4, -0.2) is 28.4 Å². The van der Waals surface area contributed by atoms with Gasteiger partial charge in [0, 0.05) is 6.42 Å². The van der Waals surface area contributed by atoms with Crippen molar-refractivity contribution >= 4 is 40.6 Å². The summed E-state index contributed by atoms with van der Waals surface area (Å²) >= 11 is 0.995. The van der Waals surface area contributed by atoms with E-state index >= 15 is 0 Å². The van der Waals surface area contributed by atoms with Crippen LogP contribution in [0.3, 0.4) is 0 Å². The molecule has 0 bridgehead atoms. The summed E-state index contributed by atoms with van der Waals surface area (Å²) in [6.07, 6.45) is -3.39. The fraction of sp³-hybridized carbons (Fsp3) is 0.158. The molecule has 6 nitrogen and oxygen atoms in total. The highest BCUT2D eigenvalue weighted by Crippen LogP contribution is 2.34. The van der Waals surface area contributed by atoms with Gasteiger partial charge in [-0.05, 0) is 17.7 Å². The zero-order chi connectivity index (χ0) is 20.9. The van der Waals surface area contributed by atoms with Crippen LogP contribution in [0.5, 0.6) is 0 Å². The molecular formula is C19H15F3N4O2S. The Kier molecular flexibility index (Phi) is 6.32. The standard InChI is InChI=1S/C19H15F3N4O2S/c20-19(21,22)13-8-4-5-9-14(13)24-16(27)10-15-17(28)25-18(29-15)26-23-11-12-6-2-1-3-7-12/h1-9,11,15H,10H2,(H,24,27)(H,25,26,28)/t15-/m1/s1. The van der Waals surface area contributed by atoms with E-state index < -0.39 is 28.8 Å². The van der Waals surface area contributed by atoms with Crippen molar-refractivity contribution in [1.29, 1.82) is 0 Å². The molecule has 1 atom stereocenters. The Balaban J connectivity index is 1.60. The number of hydrogen-bond donors (Lipinski definition) is 2. The number of anilines is 1. The smallest absolute Gasteiger partial charge is 0.325 e. The van der Waals surface area contributed by atoms with E-state index in [-0.39, 0.29) is 17.3 Å². The van der Waals surface area contributed by atoms with E-state index in [9.17, 15) is 22.8 Å². The van der Waals surface area contributed by atoms with Gasteiger partial charge in [0.2, 0.25) is 11.8 Å². The minimum absolute atomic E-state index is 0.218. The first-order valence-electron chi connectivity index (χ1n) is 8.42. The molecule has 2 amide bonds. The van der Waals surface area contributed by atoms with Gasteiger partial charge in [-0.2, -0.15) is 18.3 Å². The maximum Gasteiger partial charge on any atom is 0.418 e. The molecule has 0 unspecified atom stereocenters. The van der Waals surface area contributed by atoms with Gasteiger partial charge >= 0.3 is 6.18 Å². The minimum Gasteiger partial charge on any atom is -0.325 e. The normalized spacial score (nSPS) is 18.2. The van der Waals surface area contributed by atoms with Gasteiger partial charge in [-0.25, -0.2) is 0 Å². The van der Waals surface area contributed by atoms with Crippen LogP contribution in [0.25, 0.3) is 0 Å². The number of alkyl halides is 3. The van der Waals surface area contributed by atoms with Gasteiger partial charge < -0.3 is 10.6 Å². The highest BCUT2D eigenvalue weighted by Gasteiger charge is 2.35. The van der Waals surface area contributed by atoms with Crippen molar-refractivity contribution in [1.82, 2.24) is 5.32 Å². The van der Waals surface area contributed by atoms with Crippen LogP contribution < -0.4 is 10.6 Å². The van der Waals surface area contributed by atoms with E-state index in [1.165, 1.54) is 18.3 Å². The van der Waals surface area contributed by atoms with Crippen LogP contribution in [0.4, 0.5) is 18.9 Å². The Labute approximate surface area is 168 Å². The number of halogens is 3. The maximum atomic E-state index is 13.0. The molecule has 1 fully saturated rings. The minimum atomic E-state index is -4.60. The third-order valence-electron chi connectivity index (χ3n) is 3.81. The number of amides is 2. The predicted molar refractivity (Wildman–Crippen MR) is 106 cm³/mol. The molecule has 0 aromatic heterocycles. The zero-order valence-electron chi connectivity index (χ0n) is 14.8. The Morgan fingerprint density at radius 2 is 1.83 bits per heavy atom. The molecule has 29 heavy (non-hydrogen) atoms. The van der Waals surface area contributed by atoms with Crippen LogP contribution in [0.1, 0.15) is 17.5 Å². The number of thioether (sulfide) groups is 1. The number of rotatable bonds is 5. The lowest BCUT2D eigenvalue weighted by atomic mass is 10.1. The molecule has 1 saturated heterocycles. The van der Waals surface area contributed by atoms with Crippen molar-refractivity contribution in [3.05, 3.63) is 65.7 Å². The molecule has 3 rings (SSSR count). The highest BCUT2D eigenvalue weighted by molar-refractivity contribution is 8.15. The Morgan fingerprint density at radius 1 is 1.14 bits per heavy atom. The zero-order valence-corrected chi connectivity index (χ0v) is 15.6. The van der Waals surface area contributed by atoms with Gasteiger partial charge in [0.05, 0.1) is 17.5 Å². The van der Waals surface area contributed by atoms with Crippen molar-refractivity contribution in [3.8, 4) is 0 Å². The lowest BCUT2D eigenvalue weighted by Crippen LogP contribution is -2.28. The van der Waals surface area contributed by atoms with Crippen molar-refractivity contribution in [2.45, 2.75) is 17.8 Å². The Hall–Kier alpha value is -3.14. The monoisotopic (exact) mass is 420 g/mol. The summed E-state index contributed by atoms with van der Waals surface area (Å²) in [7, 11) is 0. The third kappa shape index (κ3) is 5.67. The number of para-hydroxylation sites is 1. The van der Waals surface area contributed by atoms with E-state index in [0.29, 0.717) is 0 Å². The van der Waals surface area contributed by atoms with Gasteiger partial charge in [0.25, 0.3) is 0 Å². The van der Waals surface area contributed by atoms with Crippen LogP contribution in [0.15, 0.2) is 64.8 Å². The second kappa shape index (κ2) is 8.91. The van der Waals surface area contributed by atoms with Crippen LogP contribution in [0, 0.1) is 0 Å². The molecule has 0 aliphatic carbocycles. The summed E-state index contributed by atoms with van der Waals surface area (Å²) in [4.78, 5) is 24.2. The lowest BCUT2D eigenvalue weighted by molar-refractivity contribution is -0.137. The second-order valence-electron chi connectivity index (χ2n) is 5.95. The van der Waals surface area contributed by atoms with Crippen LogP contribution in [-0.2, 0) is 15.8 Å². The second-order valence-corrected chi connectivity index (χ2v) is 7.14. The molecule has 0 radical (unpaired) electrons. The van der Waals surface area contributed by atoms with E-state index in [0.717, 1.165) is 29.5 Å². The molecule has 1 aliphatic rings. The average molecular weight is 420 g/mol. The van der Waals surface area contributed by atoms with E-state index in [1.54, 1.807) is 0 Å². The molecule has 10 heteroatoms. The quantitative estimate of drug-likeness (QED) is 0.572. The first kappa shape index (κ1) is 20.6. The summed E-state index contributed by atoms with van der Waals surface area (Å²) in [5.74, 6) is -1.16. The highest BCUT2D eigenvalue weighted by atomic mass is 32.2. The van der Waals surface area contributed by atoms with Gasteiger partial charge in [-0.3, -0.25) is 9.59 Å². The maximum absolute atomic E-state index is 13.0. The summed E-state index contributed by atoms with van der Waals surface area (Å²) in [5, 5.41) is 11.9. The number of benzene rings is 2. The molecule has 0 saturated carbocycles. The molecule has 1 aliphatic heterocycles. The molecule has 2 N–H and O–H groups in total. The van der Waals surface area contributed by atoms with Crippen molar-refractivity contribution < 1.29 is 22.8 Å². The molecule has 0 spiro atoms. The Bertz CT molecular complexity index is 961. The molecule has 2 aromatic carbocycles. The summed E-state index contributed by atoms with van der Waals surface area (Å²) in [5.41, 5.74) is -0.477. The van der Waals surface area contributed by atoms with Crippen molar-refractivity contribution in [3.63, 3.8) is 0 Å². The number of amidine groups is 1. The van der Waals surface area contributed by atoms with E-state index in [1.807, 2.05) is 30.3 Å². The van der Waals surface area contributed by atoms with Gasteiger partial charge in [-0.15, -0.1) is 5.10 Å². The SMILES string of the molecule is O=C(C[C@H]1SC(=NN=Cc2ccccc2)NC1=O)Nc1ccccc1C(F)(F)F. The van der Waals surface area contributed by atoms with E-state index in [2.05, 4.69) is 20.8 Å². The molecular weight excluding hydrogens is 405 g/mol. The average Bonchev–Trinajstić information content (AvgIpc) is 3.01. The number of hydrogen-bond acceptors (Lipinski definition) is 5. The van der Waals surface area contributed by atoms with Crippen LogP contribution in [0.2, 0.25) is 0 Å². The fourth-order valence-electron chi connectivity index (χ4n) is 2.48. The fourth-order valence-corrected chi connectivity index (χ4v) is 3.41. The van der Waals surface area contributed by atoms with Crippen LogP contribution >= 0.6 is 11.8 Å². The summed E-state index contributed by atoms with van der Waals surface area (Å²) < 4.78 is 39.0. The first-order valence-corrected chi connectivity index (χ1v) is 9.30. The number of carbonyl (C=O) groups is 2. The topological polar surface area (TPSA) is 82.9 Å².